The van der Waals surface area contributed by atoms with Gasteiger partial charge in [0.05, 0.1) is 19.1 Å². The van der Waals surface area contributed by atoms with Crippen LogP contribution in [-0.2, 0) is 0 Å². The van der Waals surface area contributed by atoms with Gasteiger partial charge in [-0.15, -0.1) is 0 Å². The molecule has 0 atom stereocenters. The molecule has 0 aliphatic heterocycles. The zero-order valence-electron chi connectivity index (χ0n) is 22.4. The Morgan fingerprint density at radius 1 is 0.914 bits per heavy atom. The Hall–Kier alpha value is -2.69. The van der Waals surface area contributed by atoms with Crippen LogP contribution in [0.15, 0.2) is 50.7 Å². The summed E-state index contributed by atoms with van der Waals surface area (Å²) in [7, 11) is 1.45. The van der Waals surface area contributed by atoms with Gasteiger partial charge < -0.3 is 18.6 Å². The first-order valence-corrected chi connectivity index (χ1v) is 13.2. The summed E-state index contributed by atoms with van der Waals surface area (Å²) in [6, 6.07) is 5.59. The molecular weight excluding hydrogens is 440 g/mol. The monoisotopic (exact) mass is 484 g/mol. The molecule has 0 aliphatic carbocycles. The standard InChI is InChI=1S/C30H44O5/c1-6-7-8-9-10-11-12-13-21-33-26-19-15-18-25-27(26)35-30(31)29(32-5)28(25)34-22-20-24(4)17-14-16-23(2)3/h15-16,18-20H,6-14,17,21-22H2,1-5H3. The Kier molecular flexibility index (Phi) is 13.1. The zero-order valence-corrected chi connectivity index (χ0v) is 22.4. The molecule has 1 aromatic heterocycles. The van der Waals surface area contributed by atoms with E-state index in [1.165, 1.54) is 56.8 Å². The van der Waals surface area contributed by atoms with Crippen molar-refractivity contribution >= 4 is 11.0 Å². The van der Waals surface area contributed by atoms with Crippen molar-refractivity contribution in [3.05, 3.63) is 51.9 Å². The minimum absolute atomic E-state index is 0.0771. The molecule has 2 rings (SSSR count). The Bertz CT molecular complexity index is 1010. The Morgan fingerprint density at radius 2 is 1.63 bits per heavy atom. The molecule has 0 amide bonds. The summed E-state index contributed by atoms with van der Waals surface area (Å²) < 4.78 is 23.0. The number of unbranched alkanes of at least 4 members (excludes halogenated alkanes) is 7. The van der Waals surface area contributed by atoms with Gasteiger partial charge in [0.1, 0.15) is 6.61 Å². The number of fused-ring (bicyclic) bond motifs is 1. The van der Waals surface area contributed by atoms with Gasteiger partial charge in [0.15, 0.2) is 17.1 Å². The van der Waals surface area contributed by atoms with Crippen molar-refractivity contribution in [2.75, 3.05) is 20.3 Å². The molecule has 0 saturated carbocycles. The Balaban J connectivity index is 2.03. The van der Waals surface area contributed by atoms with Crippen molar-refractivity contribution in [2.24, 2.45) is 0 Å². The van der Waals surface area contributed by atoms with Crippen molar-refractivity contribution in [3.8, 4) is 17.2 Å². The number of benzene rings is 1. The molecule has 5 heteroatoms. The van der Waals surface area contributed by atoms with E-state index < -0.39 is 5.63 Å². The number of methoxy groups -OCH3 is 1. The first kappa shape index (κ1) is 28.5. The molecule has 0 saturated heterocycles. The van der Waals surface area contributed by atoms with Gasteiger partial charge in [-0.05, 0) is 58.2 Å². The predicted octanol–water partition coefficient (Wildman–Crippen LogP) is 8.39. The van der Waals surface area contributed by atoms with Gasteiger partial charge in [-0.25, -0.2) is 4.79 Å². The fraction of sp³-hybridized carbons (Fsp3) is 0.567. The van der Waals surface area contributed by atoms with Crippen LogP contribution in [-0.4, -0.2) is 20.3 Å². The summed E-state index contributed by atoms with van der Waals surface area (Å²) in [6.45, 7) is 9.48. The number of allylic oxidation sites excluding steroid dienone is 3. The lowest BCUT2D eigenvalue weighted by molar-refractivity contribution is 0.296. The highest BCUT2D eigenvalue weighted by molar-refractivity contribution is 5.89. The number of rotatable bonds is 17. The Morgan fingerprint density at radius 3 is 2.31 bits per heavy atom. The fourth-order valence-corrected chi connectivity index (χ4v) is 3.96. The van der Waals surface area contributed by atoms with Gasteiger partial charge in [0.25, 0.3) is 0 Å². The molecule has 1 heterocycles. The maximum Gasteiger partial charge on any atom is 0.383 e. The van der Waals surface area contributed by atoms with E-state index in [2.05, 4.69) is 33.8 Å². The van der Waals surface area contributed by atoms with Crippen LogP contribution >= 0.6 is 0 Å². The third-order valence-corrected chi connectivity index (χ3v) is 6.02. The van der Waals surface area contributed by atoms with Crippen LogP contribution in [0.25, 0.3) is 11.0 Å². The van der Waals surface area contributed by atoms with E-state index in [0.717, 1.165) is 25.7 Å². The van der Waals surface area contributed by atoms with Crippen molar-refractivity contribution < 1.29 is 18.6 Å². The number of ether oxygens (including phenoxy) is 3. The van der Waals surface area contributed by atoms with Gasteiger partial charge in [0, 0.05) is 0 Å². The summed E-state index contributed by atoms with van der Waals surface area (Å²) in [5.41, 5.74) is 2.39. The lowest BCUT2D eigenvalue weighted by atomic mass is 10.1. The smallest absolute Gasteiger partial charge is 0.383 e. The SMILES string of the molecule is CCCCCCCCCCOc1cccc2c(OCC=C(C)CCC=C(C)C)c(OC)c(=O)oc12. The molecule has 1 aromatic carbocycles. The molecule has 194 valence electrons. The maximum atomic E-state index is 12.6. The molecule has 0 radical (unpaired) electrons. The van der Waals surface area contributed by atoms with Crippen molar-refractivity contribution in [3.63, 3.8) is 0 Å². The van der Waals surface area contributed by atoms with Crippen molar-refractivity contribution in [1.82, 2.24) is 0 Å². The first-order chi connectivity index (χ1) is 17.0. The lowest BCUT2D eigenvalue weighted by Crippen LogP contribution is -2.09. The molecule has 5 nitrogen and oxygen atoms in total. The molecule has 35 heavy (non-hydrogen) atoms. The van der Waals surface area contributed by atoms with E-state index in [4.69, 9.17) is 18.6 Å². The van der Waals surface area contributed by atoms with E-state index in [9.17, 15) is 4.79 Å². The van der Waals surface area contributed by atoms with Gasteiger partial charge in [-0.1, -0.05) is 75.2 Å². The molecule has 0 N–H and O–H groups in total. The van der Waals surface area contributed by atoms with Crippen molar-refractivity contribution in [2.45, 2.75) is 91.9 Å². The van der Waals surface area contributed by atoms with E-state index in [-0.39, 0.29) is 5.75 Å². The first-order valence-electron chi connectivity index (χ1n) is 13.2. The average Bonchev–Trinajstić information content (AvgIpc) is 2.83. The van der Waals surface area contributed by atoms with Gasteiger partial charge in [-0.2, -0.15) is 0 Å². The number of para-hydroxylation sites is 1. The minimum atomic E-state index is -0.567. The third-order valence-electron chi connectivity index (χ3n) is 6.02. The average molecular weight is 485 g/mol. The lowest BCUT2D eigenvalue weighted by Gasteiger charge is -2.13. The third kappa shape index (κ3) is 9.83. The fourth-order valence-electron chi connectivity index (χ4n) is 3.96. The number of hydrogen-bond acceptors (Lipinski definition) is 5. The second-order valence-corrected chi connectivity index (χ2v) is 9.39. The number of hydrogen-bond donors (Lipinski definition) is 0. The highest BCUT2D eigenvalue weighted by atomic mass is 16.5. The van der Waals surface area contributed by atoms with Gasteiger partial charge >= 0.3 is 5.63 Å². The van der Waals surface area contributed by atoms with Crippen LogP contribution in [0.3, 0.4) is 0 Å². The van der Waals surface area contributed by atoms with E-state index in [1.807, 2.05) is 24.3 Å². The van der Waals surface area contributed by atoms with Gasteiger partial charge in [-0.3, -0.25) is 0 Å². The van der Waals surface area contributed by atoms with E-state index in [1.54, 1.807) is 0 Å². The van der Waals surface area contributed by atoms with Crippen LogP contribution in [0.5, 0.6) is 17.2 Å². The molecule has 0 fully saturated rings. The predicted molar refractivity (Wildman–Crippen MR) is 145 cm³/mol. The van der Waals surface area contributed by atoms with Crippen molar-refractivity contribution in [1.29, 1.82) is 0 Å². The molecule has 0 bridgehead atoms. The summed E-state index contributed by atoms with van der Waals surface area (Å²) in [6.07, 6.45) is 16.1. The largest absolute Gasteiger partial charge is 0.490 e. The molecule has 2 aromatic rings. The normalized spacial score (nSPS) is 11.5. The van der Waals surface area contributed by atoms with Gasteiger partial charge in [0.2, 0.25) is 5.75 Å². The van der Waals surface area contributed by atoms with E-state index in [0.29, 0.717) is 35.7 Å². The topological polar surface area (TPSA) is 57.9 Å². The van der Waals surface area contributed by atoms with Crippen LogP contribution in [0.2, 0.25) is 0 Å². The quantitative estimate of drug-likeness (QED) is 0.128. The summed E-state index contributed by atoms with van der Waals surface area (Å²) >= 11 is 0. The van der Waals surface area contributed by atoms with Crippen LogP contribution in [0, 0.1) is 0 Å². The molecular formula is C30H44O5. The summed E-state index contributed by atoms with van der Waals surface area (Å²) in [5.74, 6) is 1.03. The molecule has 0 unspecified atom stereocenters. The van der Waals surface area contributed by atoms with Crippen LogP contribution < -0.4 is 19.8 Å². The molecule has 0 spiro atoms. The van der Waals surface area contributed by atoms with Crippen LogP contribution in [0.4, 0.5) is 0 Å². The Labute approximate surface area is 211 Å². The second-order valence-electron chi connectivity index (χ2n) is 9.39. The highest BCUT2D eigenvalue weighted by Gasteiger charge is 2.19. The van der Waals surface area contributed by atoms with Crippen LogP contribution in [0.1, 0.15) is 91.9 Å². The molecule has 0 aliphatic rings. The zero-order chi connectivity index (χ0) is 25.5. The highest BCUT2D eigenvalue weighted by Crippen LogP contribution is 2.36. The summed E-state index contributed by atoms with van der Waals surface area (Å²) in [4.78, 5) is 12.6. The minimum Gasteiger partial charge on any atom is -0.490 e. The maximum absolute atomic E-state index is 12.6. The van der Waals surface area contributed by atoms with E-state index >= 15 is 0 Å². The second kappa shape index (κ2) is 16.1. The summed E-state index contributed by atoms with van der Waals surface area (Å²) in [5, 5.41) is 0.672.